The van der Waals surface area contributed by atoms with Gasteiger partial charge in [-0.3, -0.25) is 9.78 Å². The van der Waals surface area contributed by atoms with Crippen LogP contribution in [0.4, 0.5) is 4.39 Å². The van der Waals surface area contributed by atoms with E-state index in [1.54, 1.807) is 22.8 Å². The summed E-state index contributed by atoms with van der Waals surface area (Å²) in [5.74, 6) is 0.472. The third kappa shape index (κ3) is 3.91. The number of rotatable bonds is 3. The fraction of sp³-hybridized carbons (Fsp3) is 0.250. The fourth-order valence-electron chi connectivity index (χ4n) is 4.04. The molecule has 0 aliphatic carbocycles. The summed E-state index contributed by atoms with van der Waals surface area (Å²) in [5.41, 5.74) is 3.89. The Morgan fingerprint density at radius 1 is 1.13 bits per heavy atom. The number of hydrogen-bond acceptors (Lipinski definition) is 4. The zero-order valence-corrected chi connectivity index (χ0v) is 17.2. The van der Waals surface area contributed by atoms with Crippen LogP contribution in [0.3, 0.4) is 0 Å². The molecule has 1 aliphatic heterocycles. The van der Waals surface area contributed by atoms with Gasteiger partial charge in [-0.15, -0.1) is 0 Å². The standard InChI is InChI=1S/C24H22FN5O/c1-16-7-9-21(26-13-16)24(31)29-11-3-5-19(14-29)23-27-22-10-8-18(15-30(22)28-23)17-4-2-6-20(25)12-17/h2,4,6-10,12-13,15,19H,3,5,11,14H2,1H3/t19-/m1/s1. The van der Waals surface area contributed by atoms with Crippen molar-refractivity contribution < 1.29 is 9.18 Å². The van der Waals surface area contributed by atoms with E-state index in [0.717, 1.165) is 41.0 Å². The molecule has 3 aromatic heterocycles. The van der Waals surface area contributed by atoms with Crippen molar-refractivity contribution in [3.8, 4) is 11.1 Å². The number of hydrogen-bond donors (Lipinski definition) is 0. The van der Waals surface area contributed by atoms with Gasteiger partial charge in [-0.25, -0.2) is 13.9 Å². The van der Waals surface area contributed by atoms with E-state index in [2.05, 4.69) is 10.1 Å². The molecular weight excluding hydrogens is 393 g/mol. The fourth-order valence-corrected chi connectivity index (χ4v) is 4.04. The lowest BCUT2D eigenvalue weighted by molar-refractivity contribution is 0.0698. The second-order valence-electron chi connectivity index (χ2n) is 8.01. The molecular formula is C24H22FN5O. The van der Waals surface area contributed by atoms with E-state index in [0.29, 0.717) is 18.8 Å². The first-order chi connectivity index (χ1) is 15.1. The van der Waals surface area contributed by atoms with Crippen LogP contribution in [0.2, 0.25) is 0 Å². The predicted molar refractivity (Wildman–Crippen MR) is 115 cm³/mol. The van der Waals surface area contributed by atoms with E-state index in [1.807, 2.05) is 42.3 Å². The molecule has 0 spiro atoms. The number of piperidine rings is 1. The summed E-state index contributed by atoms with van der Waals surface area (Å²) in [4.78, 5) is 23.7. The molecule has 0 radical (unpaired) electrons. The van der Waals surface area contributed by atoms with Gasteiger partial charge in [0.1, 0.15) is 11.5 Å². The van der Waals surface area contributed by atoms with Gasteiger partial charge in [0.05, 0.1) is 0 Å². The largest absolute Gasteiger partial charge is 0.337 e. The van der Waals surface area contributed by atoms with E-state index in [-0.39, 0.29) is 17.6 Å². The molecule has 4 aromatic rings. The van der Waals surface area contributed by atoms with Crippen LogP contribution in [0.1, 0.15) is 40.6 Å². The lowest BCUT2D eigenvalue weighted by Gasteiger charge is -2.31. The SMILES string of the molecule is Cc1ccc(C(=O)N2CCC[C@@H](c3nc4ccc(-c5cccc(F)c5)cn4n3)C2)nc1. The number of carbonyl (C=O) groups excluding carboxylic acids is 1. The Morgan fingerprint density at radius 3 is 2.84 bits per heavy atom. The first-order valence-electron chi connectivity index (χ1n) is 10.4. The maximum atomic E-state index is 13.6. The van der Waals surface area contributed by atoms with Crippen LogP contribution in [-0.4, -0.2) is 43.5 Å². The van der Waals surface area contributed by atoms with Gasteiger partial charge in [0.2, 0.25) is 0 Å². The molecule has 1 saturated heterocycles. The van der Waals surface area contributed by atoms with Gasteiger partial charge in [-0.1, -0.05) is 18.2 Å². The second-order valence-corrected chi connectivity index (χ2v) is 8.01. The summed E-state index contributed by atoms with van der Waals surface area (Å²) in [6.07, 6.45) is 5.40. The number of fused-ring (bicyclic) bond motifs is 1. The summed E-state index contributed by atoms with van der Waals surface area (Å²) < 4.78 is 15.3. The monoisotopic (exact) mass is 415 g/mol. The molecule has 31 heavy (non-hydrogen) atoms. The number of carbonyl (C=O) groups is 1. The lowest BCUT2D eigenvalue weighted by atomic mass is 9.97. The molecule has 1 amide bonds. The predicted octanol–water partition coefficient (Wildman–Crippen LogP) is 4.26. The van der Waals surface area contributed by atoms with Crippen molar-refractivity contribution in [1.82, 2.24) is 24.5 Å². The Kier molecular flexibility index (Phi) is 4.94. The van der Waals surface area contributed by atoms with Crippen molar-refractivity contribution in [2.45, 2.75) is 25.7 Å². The van der Waals surface area contributed by atoms with E-state index in [9.17, 15) is 9.18 Å². The van der Waals surface area contributed by atoms with Gasteiger partial charge in [-0.2, -0.15) is 5.10 Å². The molecule has 7 heteroatoms. The Bertz CT molecular complexity index is 1250. The molecule has 4 heterocycles. The topological polar surface area (TPSA) is 63.4 Å². The van der Waals surface area contributed by atoms with Gasteiger partial charge in [0.25, 0.3) is 5.91 Å². The number of benzene rings is 1. The van der Waals surface area contributed by atoms with Crippen molar-refractivity contribution in [1.29, 1.82) is 0 Å². The van der Waals surface area contributed by atoms with Crippen molar-refractivity contribution in [3.05, 3.63) is 83.8 Å². The van der Waals surface area contributed by atoms with Crippen molar-refractivity contribution >= 4 is 11.6 Å². The minimum absolute atomic E-state index is 0.0538. The number of aryl methyl sites for hydroxylation is 1. The average Bonchev–Trinajstić information content (AvgIpc) is 3.23. The van der Waals surface area contributed by atoms with Crippen molar-refractivity contribution in [3.63, 3.8) is 0 Å². The molecule has 0 unspecified atom stereocenters. The Balaban J connectivity index is 1.38. The smallest absolute Gasteiger partial charge is 0.272 e. The molecule has 0 bridgehead atoms. The van der Waals surface area contributed by atoms with Crippen LogP contribution in [0.15, 0.2) is 60.9 Å². The van der Waals surface area contributed by atoms with E-state index in [4.69, 9.17) is 4.98 Å². The highest BCUT2D eigenvalue weighted by Gasteiger charge is 2.28. The summed E-state index contributed by atoms with van der Waals surface area (Å²) >= 11 is 0. The maximum Gasteiger partial charge on any atom is 0.272 e. The molecule has 1 aliphatic rings. The zero-order valence-electron chi connectivity index (χ0n) is 17.2. The molecule has 1 fully saturated rings. The Morgan fingerprint density at radius 2 is 2.03 bits per heavy atom. The maximum absolute atomic E-state index is 13.6. The molecule has 1 aromatic carbocycles. The molecule has 0 N–H and O–H groups in total. The van der Waals surface area contributed by atoms with E-state index < -0.39 is 0 Å². The second kappa shape index (κ2) is 7.91. The third-order valence-electron chi connectivity index (χ3n) is 5.71. The van der Waals surface area contributed by atoms with Crippen molar-refractivity contribution in [2.24, 2.45) is 0 Å². The highest BCUT2D eigenvalue weighted by atomic mass is 19.1. The van der Waals surface area contributed by atoms with Crippen LogP contribution in [0, 0.1) is 12.7 Å². The molecule has 6 nitrogen and oxygen atoms in total. The van der Waals surface area contributed by atoms with Crippen LogP contribution in [-0.2, 0) is 0 Å². The zero-order chi connectivity index (χ0) is 21.4. The van der Waals surface area contributed by atoms with Gasteiger partial charge in [-0.05, 0) is 61.2 Å². The van der Waals surface area contributed by atoms with Crippen LogP contribution in [0.25, 0.3) is 16.8 Å². The normalized spacial score (nSPS) is 16.6. The number of halogens is 1. The molecule has 5 rings (SSSR count). The summed E-state index contributed by atoms with van der Waals surface area (Å²) in [6.45, 7) is 3.23. The number of likely N-dealkylation sites (tertiary alicyclic amines) is 1. The van der Waals surface area contributed by atoms with E-state index in [1.165, 1.54) is 12.1 Å². The van der Waals surface area contributed by atoms with Gasteiger partial charge >= 0.3 is 0 Å². The first kappa shape index (κ1) is 19.4. The van der Waals surface area contributed by atoms with Gasteiger partial charge in [0.15, 0.2) is 11.5 Å². The minimum atomic E-state index is -0.271. The Hall–Kier alpha value is -3.61. The minimum Gasteiger partial charge on any atom is -0.337 e. The quantitative estimate of drug-likeness (QED) is 0.502. The van der Waals surface area contributed by atoms with Crippen LogP contribution >= 0.6 is 0 Å². The highest BCUT2D eigenvalue weighted by molar-refractivity contribution is 5.92. The van der Waals surface area contributed by atoms with E-state index >= 15 is 0 Å². The molecule has 1 atom stereocenters. The van der Waals surface area contributed by atoms with Gasteiger partial charge in [0, 0.05) is 37.0 Å². The van der Waals surface area contributed by atoms with Crippen LogP contribution in [0.5, 0.6) is 0 Å². The highest BCUT2D eigenvalue weighted by Crippen LogP contribution is 2.27. The van der Waals surface area contributed by atoms with Gasteiger partial charge < -0.3 is 4.90 Å². The number of pyridine rings is 2. The summed E-state index contributed by atoms with van der Waals surface area (Å²) in [6, 6.07) is 14.0. The summed E-state index contributed by atoms with van der Waals surface area (Å²) in [7, 11) is 0. The third-order valence-corrected chi connectivity index (χ3v) is 5.71. The molecule has 0 saturated carbocycles. The number of aromatic nitrogens is 4. The van der Waals surface area contributed by atoms with Crippen LogP contribution < -0.4 is 0 Å². The average molecular weight is 415 g/mol. The summed E-state index contributed by atoms with van der Waals surface area (Å²) in [5, 5.41) is 4.68. The lowest BCUT2D eigenvalue weighted by Crippen LogP contribution is -2.39. The number of amides is 1. The van der Waals surface area contributed by atoms with Crippen molar-refractivity contribution in [2.75, 3.05) is 13.1 Å². The molecule has 156 valence electrons. The number of nitrogens with zero attached hydrogens (tertiary/aromatic N) is 5. The first-order valence-corrected chi connectivity index (χ1v) is 10.4. The Labute approximate surface area is 179 Å².